The SMILES string of the molecule is O=Cc1ccc(-c2ccc(-c3nc(NCCN4CCOCC4)c4ccc(Cl)cc4n3)cc2)cc1. The topological polar surface area (TPSA) is 67.4 Å². The van der Waals surface area contributed by atoms with E-state index in [1.54, 1.807) is 0 Å². The minimum Gasteiger partial charge on any atom is -0.379 e. The van der Waals surface area contributed by atoms with Crippen molar-refractivity contribution in [2.75, 3.05) is 44.7 Å². The van der Waals surface area contributed by atoms with Crippen LogP contribution in [0.4, 0.5) is 5.82 Å². The van der Waals surface area contributed by atoms with Crippen molar-refractivity contribution in [1.29, 1.82) is 0 Å². The van der Waals surface area contributed by atoms with Crippen LogP contribution < -0.4 is 5.32 Å². The van der Waals surface area contributed by atoms with Crippen LogP contribution in [-0.4, -0.2) is 60.5 Å². The third-order valence-corrected chi connectivity index (χ3v) is 6.24. The maximum absolute atomic E-state index is 10.9. The molecular weight excluding hydrogens is 448 g/mol. The quantitative estimate of drug-likeness (QED) is 0.374. The van der Waals surface area contributed by atoms with Gasteiger partial charge in [-0.3, -0.25) is 9.69 Å². The smallest absolute Gasteiger partial charge is 0.162 e. The predicted molar refractivity (Wildman–Crippen MR) is 137 cm³/mol. The second-order valence-corrected chi connectivity index (χ2v) is 8.69. The van der Waals surface area contributed by atoms with Gasteiger partial charge in [0.15, 0.2) is 5.82 Å². The zero-order valence-electron chi connectivity index (χ0n) is 18.7. The van der Waals surface area contributed by atoms with Gasteiger partial charge in [-0.05, 0) is 29.3 Å². The van der Waals surface area contributed by atoms with Gasteiger partial charge in [0.2, 0.25) is 0 Å². The Morgan fingerprint density at radius 3 is 2.29 bits per heavy atom. The number of rotatable bonds is 7. The van der Waals surface area contributed by atoms with Crippen LogP contribution in [0.25, 0.3) is 33.4 Å². The van der Waals surface area contributed by atoms with Crippen LogP contribution in [0.15, 0.2) is 66.7 Å². The normalized spacial score (nSPS) is 14.3. The van der Waals surface area contributed by atoms with Gasteiger partial charge in [-0.2, -0.15) is 0 Å². The zero-order chi connectivity index (χ0) is 23.3. The molecule has 0 unspecified atom stereocenters. The number of fused-ring (bicyclic) bond motifs is 1. The Balaban J connectivity index is 1.41. The fraction of sp³-hybridized carbons (Fsp3) is 0.222. The highest BCUT2D eigenvalue weighted by Crippen LogP contribution is 2.29. The number of carbonyl (C=O) groups is 1. The molecule has 3 aromatic carbocycles. The van der Waals surface area contributed by atoms with Crippen LogP contribution in [0.1, 0.15) is 10.4 Å². The number of anilines is 1. The van der Waals surface area contributed by atoms with Gasteiger partial charge in [0.1, 0.15) is 12.1 Å². The summed E-state index contributed by atoms with van der Waals surface area (Å²) in [4.78, 5) is 22.9. The van der Waals surface area contributed by atoms with Gasteiger partial charge in [-0.25, -0.2) is 9.97 Å². The van der Waals surface area contributed by atoms with Crippen molar-refractivity contribution in [1.82, 2.24) is 14.9 Å². The average Bonchev–Trinajstić information content (AvgIpc) is 2.89. The van der Waals surface area contributed by atoms with E-state index >= 15 is 0 Å². The molecule has 4 aromatic rings. The number of nitrogens with one attached hydrogen (secondary N) is 1. The average molecular weight is 473 g/mol. The van der Waals surface area contributed by atoms with E-state index in [1.807, 2.05) is 66.7 Å². The molecule has 0 saturated carbocycles. The summed E-state index contributed by atoms with van der Waals surface area (Å²) in [6.45, 7) is 5.19. The van der Waals surface area contributed by atoms with Gasteiger partial charge in [0, 0.05) is 47.7 Å². The number of nitrogens with zero attached hydrogens (tertiary/aromatic N) is 3. The van der Waals surface area contributed by atoms with Gasteiger partial charge in [-0.1, -0.05) is 60.1 Å². The summed E-state index contributed by atoms with van der Waals surface area (Å²) >= 11 is 6.26. The van der Waals surface area contributed by atoms with Gasteiger partial charge in [0.05, 0.1) is 18.7 Å². The fourth-order valence-corrected chi connectivity index (χ4v) is 4.26. The molecule has 5 rings (SSSR count). The molecule has 0 atom stereocenters. The van der Waals surface area contributed by atoms with Gasteiger partial charge in [0.25, 0.3) is 0 Å². The fourth-order valence-electron chi connectivity index (χ4n) is 4.09. The van der Waals surface area contributed by atoms with Crippen molar-refractivity contribution in [2.45, 2.75) is 0 Å². The van der Waals surface area contributed by atoms with Crippen molar-refractivity contribution < 1.29 is 9.53 Å². The zero-order valence-corrected chi connectivity index (χ0v) is 19.5. The molecule has 0 amide bonds. The lowest BCUT2D eigenvalue weighted by Crippen LogP contribution is -2.39. The Morgan fingerprint density at radius 2 is 1.59 bits per heavy atom. The number of benzene rings is 3. The van der Waals surface area contributed by atoms with E-state index in [1.165, 1.54) is 0 Å². The molecule has 34 heavy (non-hydrogen) atoms. The largest absolute Gasteiger partial charge is 0.379 e. The highest BCUT2D eigenvalue weighted by molar-refractivity contribution is 6.31. The minimum absolute atomic E-state index is 0.644. The number of halogens is 1. The van der Waals surface area contributed by atoms with E-state index < -0.39 is 0 Å². The third kappa shape index (κ3) is 5.09. The number of ether oxygens (including phenoxy) is 1. The number of carbonyl (C=O) groups excluding carboxylic acids is 1. The second-order valence-electron chi connectivity index (χ2n) is 8.26. The van der Waals surface area contributed by atoms with E-state index in [0.29, 0.717) is 16.4 Å². The molecule has 2 heterocycles. The first-order chi connectivity index (χ1) is 16.7. The molecule has 0 spiro atoms. The number of hydrogen-bond acceptors (Lipinski definition) is 6. The van der Waals surface area contributed by atoms with E-state index in [4.69, 9.17) is 26.3 Å². The Morgan fingerprint density at radius 1 is 0.912 bits per heavy atom. The Bertz CT molecular complexity index is 1290. The number of aromatic nitrogens is 2. The van der Waals surface area contributed by atoms with E-state index in [0.717, 1.165) is 79.1 Å². The van der Waals surface area contributed by atoms with E-state index in [-0.39, 0.29) is 0 Å². The second kappa shape index (κ2) is 10.3. The van der Waals surface area contributed by atoms with Crippen LogP contribution in [0.5, 0.6) is 0 Å². The number of aldehydes is 1. The lowest BCUT2D eigenvalue weighted by Gasteiger charge is -2.26. The first-order valence-corrected chi connectivity index (χ1v) is 11.7. The lowest BCUT2D eigenvalue weighted by molar-refractivity contribution is 0.0398. The predicted octanol–water partition coefficient (Wildman–Crippen LogP) is 5.17. The van der Waals surface area contributed by atoms with Crippen LogP contribution in [0.3, 0.4) is 0 Å². The van der Waals surface area contributed by atoms with E-state index in [2.05, 4.69) is 10.2 Å². The molecule has 1 aliphatic rings. The first kappa shape index (κ1) is 22.5. The monoisotopic (exact) mass is 472 g/mol. The van der Waals surface area contributed by atoms with Crippen molar-refractivity contribution in [3.63, 3.8) is 0 Å². The first-order valence-electron chi connectivity index (χ1n) is 11.4. The highest BCUT2D eigenvalue weighted by Gasteiger charge is 2.13. The standard InChI is InChI=1S/C27H25ClN4O2/c28-23-9-10-24-25(17-23)30-26(31-27(24)29-11-12-32-13-15-34-16-14-32)22-7-5-21(6-8-22)20-3-1-19(18-33)2-4-20/h1-10,17-18H,11-16H2,(H,29,30,31). The Hall–Kier alpha value is -3.32. The molecule has 1 aromatic heterocycles. The number of hydrogen-bond donors (Lipinski definition) is 1. The molecule has 172 valence electrons. The molecule has 7 heteroatoms. The van der Waals surface area contributed by atoms with Gasteiger partial charge >= 0.3 is 0 Å². The summed E-state index contributed by atoms with van der Waals surface area (Å²) in [5, 5.41) is 5.10. The maximum Gasteiger partial charge on any atom is 0.162 e. The van der Waals surface area contributed by atoms with Crippen molar-refractivity contribution >= 4 is 34.6 Å². The molecule has 1 aliphatic heterocycles. The van der Waals surface area contributed by atoms with Crippen LogP contribution >= 0.6 is 11.6 Å². The van der Waals surface area contributed by atoms with Crippen LogP contribution in [-0.2, 0) is 4.74 Å². The summed E-state index contributed by atoms with van der Waals surface area (Å²) < 4.78 is 5.44. The molecule has 0 aliphatic carbocycles. The summed E-state index contributed by atoms with van der Waals surface area (Å²) in [6, 6.07) is 21.4. The highest BCUT2D eigenvalue weighted by atomic mass is 35.5. The van der Waals surface area contributed by atoms with Crippen molar-refractivity contribution in [2.24, 2.45) is 0 Å². The Labute approximate surface area is 203 Å². The molecule has 0 bridgehead atoms. The van der Waals surface area contributed by atoms with Crippen LogP contribution in [0.2, 0.25) is 5.02 Å². The van der Waals surface area contributed by atoms with Gasteiger partial charge < -0.3 is 10.1 Å². The van der Waals surface area contributed by atoms with E-state index in [9.17, 15) is 4.79 Å². The summed E-state index contributed by atoms with van der Waals surface area (Å²) in [6.07, 6.45) is 0.850. The molecular formula is C27H25ClN4O2. The molecule has 0 radical (unpaired) electrons. The molecule has 1 saturated heterocycles. The maximum atomic E-state index is 10.9. The molecule has 1 fully saturated rings. The van der Waals surface area contributed by atoms with Crippen LogP contribution in [0, 0.1) is 0 Å². The lowest BCUT2D eigenvalue weighted by atomic mass is 10.0. The minimum atomic E-state index is 0.644. The molecule has 6 nitrogen and oxygen atoms in total. The summed E-state index contributed by atoms with van der Waals surface area (Å²) in [7, 11) is 0. The Kier molecular flexibility index (Phi) is 6.81. The molecule has 1 N–H and O–H groups in total. The summed E-state index contributed by atoms with van der Waals surface area (Å²) in [5.41, 5.74) is 4.51. The van der Waals surface area contributed by atoms with Gasteiger partial charge in [-0.15, -0.1) is 0 Å². The summed E-state index contributed by atoms with van der Waals surface area (Å²) in [5.74, 6) is 1.45. The van der Waals surface area contributed by atoms with Crippen molar-refractivity contribution in [3.8, 4) is 22.5 Å². The number of morpholine rings is 1. The van der Waals surface area contributed by atoms with Crippen molar-refractivity contribution in [3.05, 3.63) is 77.3 Å². The third-order valence-electron chi connectivity index (χ3n) is 6.01.